The molecule has 1 nitrogen and oxygen atoms in total. The SMILES string of the molecule is C=C(C=N)C(=C)C(C)CC. The van der Waals surface area contributed by atoms with E-state index in [0.717, 1.165) is 17.6 Å². The van der Waals surface area contributed by atoms with Gasteiger partial charge in [-0.1, -0.05) is 27.0 Å². The summed E-state index contributed by atoms with van der Waals surface area (Å²) in [7, 11) is 0. The van der Waals surface area contributed by atoms with Gasteiger partial charge < -0.3 is 5.41 Å². The van der Waals surface area contributed by atoms with Gasteiger partial charge in [-0.2, -0.15) is 0 Å². The van der Waals surface area contributed by atoms with Crippen LogP contribution in [0.5, 0.6) is 0 Å². The van der Waals surface area contributed by atoms with Crippen LogP contribution in [-0.4, -0.2) is 6.21 Å². The van der Waals surface area contributed by atoms with Crippen molar-refractivity contribution in [3.63, 3.8) is 0 Å². The Morgan fingerprint density at radius 2 is 2.10 bits per heavy atom. The summed E-state index contributed by atoms with van der Waals surface area (Å²) < 4.78 is 0. The molecule has 0 spiro atoms. The lowest BCUT2D eigenvalue weighted by Gasteiger charge is -2.10. The van der Waals surface area contributed by atoms with Gasteiger partial charge in [0.15, 0.2) is 0 Å². The number of rotatable bonds is 4. The van der Waals surface area contributed by atoms with Crippen LogP contribution in [0.15, 0.2) is 24.3 Å². The molecule has 1 unspecified atom stereocenters. The van der Waals surface area contributed by atoms with Crippen molar-refractivity contribution in [3.05, 3.63) is 24.3 Å². The highest BCUT2D eigenvalue weighted by molar-refractivity contribution is 5.81. The summed E-state index contributed by atoms with van der Waals surface area (Å²) in [6.45, 7) is 11.7. The maximum Gasteiger partial charge on any atom is 0.0247 e. The Labute approximate surface area is 63.0 Å². The fourth-order valence-corrected chi connectivity index (χ4v) is 0.656. The van der Waals surface area contributed by atoms with E-state index in [1.54, 1.807) is 0 Å². The average molecular weight is 137 g/mol. The molecular formula is C9H15N. The predicted molar refractivity (Wildman–Crippen MR) is 46.5 cm³/mol. The van der Waals surface area contributed by atoms with Gasteiger partial charge in [0.1, 0.15) is 0 Å². The van der Waals surface area contributed by atoms with Crippen molar-refractivity contribution in [3.8, 4) is 0 Å². The molecule has 1 heteroatoms. The summed E-state index contributed by atoms with van der Waals surface area (Å²) in [6.07, 6.45) is 2.32. The highest BCUT2D eigenvalue weighted by atomic mass is 14.3. The quantitative estimate of drug-likeness (QED) is 0.455. The van der Waals surface area contributed by atoms with Crippen LogP contribution in [-0.2, 0) is 0 Å². The Morgan fingerprint density at radius 3 is 2.40 bits per heavy atom. The predicted octanol–water partition coefficient (Wildman–Crippen LogP) is 2.79. The lowest BCUT2D eigenvalue weighted by molar-refractivity contribution is 0.670. The molecule has 0 aromatic heterocycles. The third kappa shape index (κ3) is 2.18. The maximum absolute atomic E-state index is 6.92. The van der Waals surface area contributed by atoms with Crippen LogP contribution in [0.25, 0.3) is 0 Å². The molecule has 1 atom stereocenters. The summed E-state index contributed by atoms with van der Waals surface area (Å²) >= 11 is 0. The number of hydrogen-bond acceptors (Lipinski definition) is 1. The van der Waals surface area contributed by atoms with E-state index in [1.807, 2.05) is 0 Å². The van der Waals surface area contributed by atoms with Gasteiger partial charge in [-0.05, 0) is 23.5 Å². The second kappa shape index (κ2) is 4.04. The summed E-state index contributed by atoms with van der Waals surface area (Å²) in [5, 5.41) is 6.92. The van der Waals surface area contributed by atoms with Crippen LogP contribution < -0.4 is 0 Å². The second-order valence-electron chi connectivity index (χ2n) is 2.50. The Balaban J connectivity index is 4.07. The van der Waals surface area contributed by atoms with Crippen LogP contribution in [0.3, 0.4) is 0 Å². The topological polar surface area (TPSA) is 23.9 Å². The largest absolute Gasteiger partial charge is 0.308 e. The van der Waals surface area contributed by atoms with Crippen LogP contribution in [0.1, 0.15) is 20.3 Å². The van der Waals surface area contributed by atoms with Crippen LogP contribution in [0.4, 0.5) is 0 Å². The van der Waals surface area contributed by atoms with Crippen molar-refractivity contribution in [1.29, 1.82) is 5.41 Å². The molecule has 0 aliphatic heterocycles. The van der Waals surface area contributed by atoms with Crippen LogP contribution in [0, 0.1) is 11.3 Å². The number of hydrogen-bond donors (Lipinski definition) is 1. The van der Waals surface area contributed by atoms with E-state index < -0.39 is 0 Å². The fraction of sp³-hybridized carbons (Fsp3) is 0.444. The normalized spacial score (nSPS) is 12.2. The molecule has 0 aromatic carbocycles. The zero-order valence-corrected chi connectivity index (χ0v) is 6.78. The first-order valence-electron chi connectivity index (χ1n) is 3.52. The zero-order valence-electron chi connectivity index (χ0n) is 6.78. The highest BCUT2D eigenvalue weighted by Crippen LogP contribution is 2.17. The lowest BCUT2D eigenvalue weighted by atomic mass is 9.95. The summed E-state index contributed by atoms with van der Waals surface area (Å²) in [5.74, 6) is 0.453. The van der Waals surface area contributed by atoms with E-state index in [9.17, 15) is 0 Å². The van der Waals surface area contributed by atoms with Gasteiger partial charge in [0, 0.05) is 6.21 Å². The molecule has 0 radical (unpaired) electrons. The van der Waals surface area contributed by atoms with Gasteiger partial charge >= 0.3 is 0 Å². The van der Waals surface area contributed by atoms with Crippen molar-refractivity contribution in [1.82, 2.24) is 0 Å². The van der Waals surface area contributed by atoms with E-state index in [-0.39, 0.29) is 0 Å². The van der Waals surface area contributed by atoms with Crippen LogP contribution in [0.2, 0.25) is 0 Å². The zero-order chi connectivity index (χ0) is 8.15. The van der Waals surface area contributed by atoms with E-state index in [2.05, 4.69) is 27.0 Å². The maximum atomic E-state index is 6.92. The summed E-state index contributed by atoms with van der Waals surface area (Å²) in [6, 6.07) is 0. The number of allylic oxidation sites excluding steroid dienone is 2. The standard InChI is InChI=1S/C9H15N/c1-5-7(2)9(4)8(3)6-10/h6-7,10H,3-5H2,1-2H3. The molecule has 0 heterocycles. The van der Waals surface area contributed by atoms with Crippen molar-refractivity contribution in [2.75, 3.05) is 0 Å². The molecule has 0 saturated heterocycles. The first-order chi connectivity index (χ1) is 4.63. The van der Waals surface area contributed by atoms with Crippen molar-refractivity contribution in [2.24, 2.45) is 5.92 Å². The third-order valence-corrected chi connectivity index (χ3v) is 1.79. The molecule has 0 fully saturated rings. The Morgan fingerprint density at radius 1 is 1.60 bits per heavy atom. The van der Waals surface area contributed by atoms with Crippen molar-refractivity contribution >= 4 is 6.21 Å². The van der Waals surface area contributed by atoms with E-state index in [0.29, 0.717) is 5.92 Å². The summed E-state index contributed by atoms with van der Waals surface area (Å²) in [4.78, 5) is 0. The molecule has 10 heavy (non-hydrogen) atoms. The first kappa shape index (κ1) is 9.15. The number of nitrogens with one attached hydrogen (secondary N) is 1. The molecule has 0 amide bonds. The molecule has 1 N–H and O–H groups in total. The molecule has 0 bridgehead atoms. The minimum Gasteiger partial charge on any atom is -0.308 e. The Kier molecular flexibility index (Phi) is 3.70. The molecule has 0 aliphatic carbocycles. The monoisotopic (exact) mass is 137 g/mol. The molecule has 56 valence electrons. The minimum absolute atomic E-state index is 0.453. The van der Waals surface area contributed by atoms with Gasteiger partial charge in [-0.25, -0.2) is 0 Å². The van der Waals surface area contributed by atoms with Crippen LogP contribution >= 0.6 is 0 Å². The smallest absolute Gasteiger partial charge is 0.0247 e. The molecule has 0 aliphatic rings. The van der Waals surface area contributed by atoms with Crippen molar-refractivity contribution in [2.45, 2.75) is 20.3 Å². The van der Waals surface area contributed by atoms with Crippen molar-refractivity contribution < 1.29 is 0 Å². The first-order valence-corrected chi connectivity index (χ1v) is 3.52. The second-order valence-corrected chi connectivity index (χ2v) is 2.50. The fourth-order valence-electron chi connectivity index (χ4n) is 0.656. The average Bonchev–Trinajstić information content (AvgIpc) is 2.00. The third-order valence-electron chi connectivity index (χ3n) is 1.79. The van der Waals surface area contributed by atoms with Gasteiger partial charge in [0.25, 0.3) is 0 Å². The van der Waals surface area contributed by atoms with Gasteiger partial charge in [-0.15, -0.1) is 0 Å². The molecule has 0 saturated carbocycles. The van der Waals surface area contributed by atoms with Gasteiger partial charge in [0.05, 0.1) is 0 Å². The highest BCUT2D eigenvalue weighted by Gasteiger charge is 2.04. The van der Waals surface area contributed by atoms with Gasteiger partial charge in [0.2, 0.25) is 0 Å². The molecular weight excluding hydrogens is 122 g/mol. The minimum atomic E-state index is 0.453. The lowest BCUT2D eigenvalue weighted by Crippen LogP contribution is -1.99. The molecule has 0 aromatic rings. The van der Waals surface area contributed by atoms with E-state index >= 15 is 0 Å². The summed E-state index contributed by atoms with van der Waals surface area (Å²) in [5.41, 5.74) is 1.73. The van der Waals surface area contributed by atoms with E-state index in [4.69, 9.17) is 5.41 Å². The Hall–Kier alpha value is -0.850. The van der Waals surface area contributed by atoms with E-state index in [1.165, 1.54) is 6.21 Å². The molecule has 0 rings (SSSR count). The Bertz CT molecular complexity index is 156. The van der Waals surface area contributed by atoms with Gasteiger partial charge in [-0.3, -0.25) is 0 Å².